The Hall–Kier alpha value is -2.07. The van der Waals surface area contributed by atoms with Gasteiger partial charge in [-0.15, -0.1) is 0 Å². The topological polar surface area (TPSA) is 38.7 Å². The molecule has 0 aliphatic heterocycles. The predicted molar refractivity (Wildman–Crippen MR) is 74.6 cm³/mol. The third kappa shape index (κ3) is 2.75. The van der Waals surface area contributed by atoms with Gasteiger partial charge in [0.25, 0.3) is 0 Å². The van der Waals surface area contributed by atoms with Gasteiger partial charge in [0.15, 0.2) is 0 Å². The van der Waals surface area contributed by atoms with Crippen LogP contribution in [0.25, 0.3) is 0 Å². The van der Waals surface area contributed by atoms with Crippen molar-refractivity contribution < 1.29 is 19.0 Å². The number of hydrogen-bond acceptors (Lipinski definition) is 3. The van der Waals surface area contributed by atoms with E-state index in [0.29, 0.717) is 22.6 Å². The van der Waals surface area contributed by atoms with Gasteiger partial charge < -0.3 is 14.6 Å². The average molecular weight is 276 g/mol. The van der Waals surface area contributed by atoms with Gasteiger partial charge in [0.05, 0.1) is 14.2 Å². The van der Waals surface area contributed by atoms with Crippen LogP contribution in [0.4, 0.5) is 4.39 Å². The van der Waals surface area contributed by atoms with Gasteiger partial charge in [-0.05, 0) is 42.3 Å². The highest BCUT2D eigenvalue weighted by atomic mass is 19.1. The molecule has 3 nitrogen and oxygen atoms in total. The molecule has 2 aromatic carbocycles. The second-order valence-electron chi connectivity index (χ2n) is 4.68. The molecule has 0 heterocycles. The Labute approximate surface area is 117 Å². The van der Waals surface area contributed by atoms with Crippen molar-refractivity contribution in [2.45, 2.75) is 12.5 Å². The van der Waals surface area contributed by atoms with Crippen LogP contribution in [0.2, 0.25) is 0 Å². The summed E-state index contributed by atoms with van der Waals surface area (Å²) in [5, 5.41) is 10.7. The zero-order valence-corrected chi connectivity index (χ0v) is 11.7. The fourth-order valence-electron chi connectivity index (χ4n) is 2.05. The Balaban J connectivity index is 2.53. The van der Waals surface area contributed by atoms with Gasteiger partial charge in [-0.25, -0.2) is 4.39 Å². The van der Waals surface area contributed by atoms with Crippen molar-refractivity contribution in [2.75, 3.05) is 14.2 Å². The van der Waals surface area contributed by atoms with E-state index >= 15 is 0 Å². The standard InChI is InChI=1S/C16H17FO3/c1-16(18,11-5-4-6-13(17)7-11)12-8-14(19-2)10-15(9-12)20-3/h4-10,18H,1-3H3. The number of methoxy groups -OCH3 is 2. The molecule has 0 spiro atoms. The maximum Gasteiger partial charge on any atom is 0.123 e. The van der Waals surface area contributed by atoms with E-state index in [-0.39, 0.29) is 0 Å². The molecule has 1 unspecified atom stereocenters. The molecule has 0 aliphatic rings. The second-order valence-corrected chi connectivity index (χ2v) is 4.68. The summed E-state index contributed by atoms with van der Waals surface area (Å²) in [7, 11) is 3.07. The number of aliphatic hydroxyl groups is 1. The van der Waals surface area contributed by atoms with E-state index in [9.17, 15) is 9.50 Å². The molecule has 20 heavy (non-hydrogen) atoms. The third-order valence-electron chi connectivity index (χ3n) is 3.30. The Morgan fingerprint density at radius 1 is 0.950 bits per heavy atom. The minimum atomic E-state index is -1.34. The van der Waals surface area contributed by atoms with Crippen LogP contribution in [0.3, 0.4) is 0 Å². The van der Waals surface area contributed by atoms with E-state index in [2.05, 4.69) is 0 Å². The van der Waals surface area contributed by atoms with Crippen LogP contribution in [0, 0.1) is 5.82 Å². The van der Waals surface area contributed by atoms with Crippen molar-refractivity contribution in [3.8, 4) is 11.5 Å². The van der Waals surface area contributed by atoms with Crippen LogP contribution in [-0.4, -0.2) is 19.3 Å². The molecule has 1 atom stereocenters. The molecule has 106 valence electrons. The van der Waals surface area contributed by atoms with Gasteiger partial charge in [0, 0.05) is 6.07 Å². The number of benzene rings is 2. The number of halogens is 1. The molecule has 2 aromatic rings. The first-order valence-corrected chi connectivity index (χ1v) is 6.19. The Morgan fingerprint density at radius 2 is 1.55 bits per heavy atom. The first kappa shape index (κ1) is 14.3. The first-order valence-electron chi connectivity index (χ1n) is 6.19. The molecule has 0 bridgehead atoms. The summed E-state index contributed by atoms with van der Waals surface area (Å²) >= 11 is 0. The van der Waals surface area contributed by atoms with E-state index < -0.39 is 11.4 Å². The lowest BCUT2D eigenvalue weighted by molar-refractivity contribution is 0.101. The van der Waals surface area contributed by atoms with Crippen LogP contribution in [-0.2, 0) is 5.60 Å². The average Bonchev–Trinajstić information content (AvgIpc) is 2.46. The quantitative estimate of drug-likeness (QED) is 0.932. The van der Waals surface area contributed by atoms with Crippen LogP contribution < -0.4 is 9.47 Å². The summed E-state index contributed by atoms with van der Waals surface area (Å²) in [5.41, 5.74) is -0.309. The van der Waals surface area contributed by atoms with Crippen molar-refractivity contribution in [3.63, 3.8) is 0 Å². The largest absolute Gasteiger partial charge is 0.497 e. The maximum absolute atomic E-state index is 13.3. The first-order chi connectivity index (χ1) is 9.47. The lowest BCUT2D eigenvalue weighted by atomic mass is 9.88. The van der Waals surface area contributed by atoms with Gasteiger partial charge in [-0.2, -0.15) is 0 Å². The molecule has 0 saturated carbocycles. The monoisotopic (exact) mass is 276 g/mol. The highest BCUT2D eigenvalue weighted by molar-refractivity contribution is 5.44. The minimum Gasteiger partial charge on any atom is -0.497 e. The van der Waals surface area contributed by atoms with Gasteiger partial charge in [0.2, 0.25) is 0 Å². The maximum atomic E-state index is 13.3. The molecular formula is C16H17FO3. The van der Waals surface area contributed by atoms with E-state index in [1.807, 2.05) is 0 Å². The highest BCUT2D eigenvalue weighted by Crippen LogP contribution is 2.34. The predicted octanol–water partition coefficient (Wildman–Crippen LogP) is 3.10. The molecule has 0 radical (unpaired) electrons. The summed E-state index contributed by atoms with van der Waals surface area (Å²) in [5.74, 6) is 0.740. The normalized spacial score (nSPS) is 13.7. The molecule has 4 heteroatoms. The SMILES string of the molecule is COc1cc(OC)cc(C(C)(O)c2cccc(F)c2)c1. The smallest absolute Gasteiger partial charge is 0.123 e. The van der Waals surface area contributed by atoms with Crippen molar-refractivity contribution in [1.82, 2.24) is 0 Å². The summed E-state index contributed by atoms with van der Waals surface area (Å²) in [4.78, 5) is 0. The number of hydrogen-bond donors (Lipinski definition) is 1. The molecule has 0 amide bonds. The molecule has 0 aromatic heterocycles. The van der Waals surface area contributed by atoms with Crippen molar-refractivity contribution in [3.05, 3.63) is 59.4 Å². The second kappa shape index (κ2) is 5.51. The van der Waals surface area contributed by atoms with E-state index in [0.717, 1.165) is 0 Å². The zero-order chi connectivity index (χ0) is 14.8. The number of ether oxygens (including phenoxy) is 2. The van der Waals surface area contributed by atoms with E-state index in [4.69, 9.17) is 9.47 Å². The summed E-state index contributed by atoms with van der Waals surface area (Å²) < 4.78 is 23.7. The van der Waals surface area contributed by atoms with Gasteiger partial charge in [0.1, 0.15) is 22.9 Å². The third-order valence-corrected chi connectivity index (χ3v) is 3.30. The molecule has 0 fully saturated rings. The van der Waals surface area contributed by atoms with Crippen LogP contribution in [0.15, 0.2) is 42.5 Å². The molecule has 0 aliphatic carbocycles. The summed E-state index contributed by atoms with van der Waals surface area (Å²) in [6.45, 7) is 1.61. The van der Waals surface area contributed by atoms with E-state index in [1.165, 1.54) is 26.4 Å². The fraction of sp³-hybridized carbons (Fsp3) is 0.250. The van der Waals surface area contributed by atoms with Gasteiger partial charge in [-0.3, -0.25) is 0 Å². The van der Waals surface area contributed by atoms with Crippen molar-refractivity contribution in [1.29, 1.82) is 0 Å². The molecule has 0 saturated heterocycles. The molecule has 2 rings (SSSR count). The van der Waals surface area contributed by atoms with Crippen LogP contribution >= 0.6 is 0 Å². The zero-order valence-electron chi connectivity index (χ0n) is 11.7. The van der Waals surface area contributed by atoms with E-state index in [1.54, 1.807) is 37.3 Å². The van der Waals surface area contributed by atoms with Crippen molar-refractivity contribution in [2.24, 2.45) is 0 Å². The van der Waals surface area contributed by atoms with Gasteiger partial charge >= 0.3 is 0 Å². The lowest BCUT2D eigenvalue weighted by Crippen LogP contribution is -2.23. The van der Waals surface area contributed by atoms with Crippen molar-refractivity contribution >= 4 is 0 Å². The summed E-state index contributed by atoms with van der Waals surface area (Å²) in [6.07, 6.45) is 0. The van der Waals surface area contributed by atoms with Crippen LogP contribution in [0.1, 0.15) is 18.1 Å². The van der Waals surface area contributed by atoms with Gasteiger partial charge in [-0.1, -0.05) is 12.1 Å². The highest BCUT2D eigenvalue weighted by Gasteiger charge is 2.27. The molecular weight excluding hydrogens is 259 g/mol. The summed E-state index contributed by atoms with van der Waals surface area (Å²) in [6, 6.07) is 11.0. The fourth-order valence-corrected chi connectivity index (χ4v) is 2.05. The Kier molecular flexibility index (Phi) is 3.95. The van der Waals surface area contributed by atoms with Crippen LogP contribution in [0.5, 0.6) is 11.5 Å². The lowest BCUT2D eigenvalue weighted by Gasteiger charge is -2.25. The number of rotatable bonds is 4. The Morgan fingerprint density at radius 3 is 2.05 bits per heavy atom. The minimum absolute atomic E-state index is 0.391. The Bertz CT molecular complexity index is 586. The molecule has 1 N–H and O–H groups in total.